The van der Waals surface area contributed by atoms with Crippen molar-refractivity contribution < 1.29 is 9.59 Å². The summed E-state index contributed by atoms with van der Waals surface area (Å²) in [6.45, 7) is 8.05. The molecule has 12 nitrogen and oxygen atoms in total. The van der Waals surface area contributed by atoms with Crippen LogP contribution >= 0.6 is 0 Å². The van der Waals surface area contributed by atoms with Crippen molar-refractivity contribution in [3.05, 3.63) is 48.1 Å². The summed E-state index contributed by atoms with van der Waals surface area (Å²) >= 11 is 0. The Kier molecular flexibility index (Phi) is 7.85. The molecule has 2 aromatic heterocycles. The van der Waals surface area contributed by atoms with Crippen LogP contribution in [0.15, 0.2) is 46.5 Å². The summed E-state index contributed by atoms with van der Waals surface area (Å²) in [6, 6.07) is 0.853. The van der Waals surface area contributed by atoms with E-state index in [0.29, 0.717) is 23.4 Å². The van der Waals surface area contributed by atoms with Gasteiger partial charge in [-0.1, -0.05) is 6.08 Å². The van der Waals surface area contributed by atoms with Crippen molar-refractivity contribution in [3.8, 4) is 0 Å². The molecule has 1 aliphatic rings. The first-order valence-corrected chi connectivity index (χ1v) is 10.7. The zero-order valence-corrected chi connectivity index (χ0v) is 19.6. The van der Waals surface area contributed by atoms with Gasteiger partial charge in [-0.25, -0.2) is 24.9 Å². The summed E-state index contributed by atoms with van der Waals surface area (Å²) in [5.41, 5.74) is 1.33. The van der Waals surface area contributed by atoms with Gasteiger partial charge in [-0.05, 0) is 33.1 Å². The third-order valence-electron chi connectivity index (χ3n) is 5.21. The highest BCUT2D eigenvalue weighted by Gasteiger charge is 2.24. The maximum Gasteiger partial charge on any atom is 0.271 e. The molecule has 0 aliphatic carbocycles. The van der Waals surface area contributed by atoms with Gasteiger partial charge in [0, 0.05) is 44.8 Å². The number of imidazole rings is 1. The van der Waals surface area contributed by atoms with Gasteiger partial charge in [0.25, 0.3) is 5.91 Å². The fourth-order valence-electron chi connectivity index (χ4n) is 3.37. The van der Waals surface area contributed by atoms with E-state index in [2.05, 4.69) is 53.7 Å². The molecule has 2 aromatic rings. The van der Waals surface area contributed by atoms with Crippen LogP contribution in [-0.2, 0) is 4.79 Å². The molecule has 0 saturated carbocycles. The second-order valence-corrected chi connectivity index (χ2v) is 7.33. The van der Waals surface area contributed by atoms with Gasteiger partial charge in [0.2, 0.25) is 11.9 Å². The Hall–Kier alpha value is -4.35. The third-order valence-corrected chi connectivity index (χ3v) is 5.21. The first kappa shape index (κ1) is 24.3. The van der Waals surface area contributed by atoms with E-state index in [1.54, 1.807) is 32.3 Å². The Labute approximate surface area is 197 Å². The summed E-state index contributed by atoms with van der Waals surface area (Å²) in [6.07, 6.45) is 9.17. The van der Waals surface area contributed by atoms with Crippen LogP contribution in [0.2, 0.25) is 0 Å². The molecular weight excluding hydrogens is 436 g/mol. The molecule has 0 aromatic carbocycles. The summed E-state index contributed by atoms with van der Waals surface area (Å²) in [5.74, 6) is 0.815. The Bertz CT molecular complexity index is 1160. The maximum absolute atomic E-state index is 12.9. The van der Waals surface area contributed by atoms with Crippen LogP contribution in [-0.4, -0.2) is 69.6 Å². The van der Waals surface area contributed by atoms with Gasteiger partial charge in [0.1, 0.15) is 11.9 Å². The predicted octanol–water partition coefficient (Wildman–Crippen LogP) is 1.91. The van der Waals surface area contributed by atoms with Gasteiger partial charge in [0.05, 0.1) is 6.33 Å². The van der Waals surface area contributed by atoms with E-state index in [1.165, 1.54) is 24.1 Å². The van der Waals surface area contributed by atoms with Crippen molar-refractivity contribution in [3.63, 3.8) is 0 Å². The van der Waals surface area contributed by atoms with E-state index < -0.39 is 6.04 Å². The van der Waals surface area contributed by atoms with Gasteiger partial charge >= 0.3 is 0 Å². The average molecular weight is 465 g/mol. The first-order chi connectivity index (χ1) is 16.4. The van der Waals surface area contributed by atoms with Gasteiger partial charge in [0.15, 0.2) is 17.3 Å². The molecule has 2 amide bonds. The van der Waals surface area contributed by atoms with E-state index in [0.717, 1.165) is 18.7 Å². The Morgan fingerprint density at radius 3 is 2.74 bits per heavy atom. The quantitative estimate of drug-likeness (QED) is 0.420. The van der Waals surface area contributed by atoms with E-state index >= 15 is 0 Å². The second-order valence-electron chi connectivity index (χ2n) is 7.33. The number of guanidine groups is 1. The van der Waals surface area contributed by atoms with Crippen LogP contribution in [0.25, 0.3) is 6.08 Å². The normalized spacial score (nSPS) is 14.6. The van der Waals surface area contributed by atoms with Gasteiger partial charge in [-0.2, -0.15) is 0 Å². The van der Waals surface area contributed by atoms with Crippen LogP contribution in [0, 0.1) is 0 Å². The number of aromatic nitrogens is 4. The molecule has 3 heterocycles. The van der Waals surface area contributed by atoms with Crippen molar-refractivity contribution in [1.29, 1.82) is 0 Å². The number of hydrogen-bond acceptors (Lipinski definition) is 7. The van der Waals surface area contributed by atoms with Crippen LogP contribution in [0.4, 0.5) is 11.6 Å². The molecule has 0 saturated heterocycles. The van der Waals surface area contributed by atoms with E-state index in [9.17, 15) is 9.59 Å². The number of anilines is 2. The Balaban J connectivity index is 1.72. The van der Waals surface area contributed by atoms with Crippen LogP contribution in [0.1, 0.15) is 42.6 Å². The lowest BCUT2D eigenvalue weighted by Crippen LogP contribution is -2.29. The lowest BCUT2D eigenvalue weighted by molar-refractivity contribution is -0.118. The van der Waals surface area contributed by atoms with Crippen molar-refractivity contribution in [2.45, 2.75) is 26.3 Å². The molecular formula is C22H28N10O2. The number of nitrogens with zero attached hydrogens (tertiary/aromatic N) is 7. The Morgan fingerprint density at radius 1 is 1.29 bits per heavy atom. The van der Waals surface area contributed by atoms with Crippen LogP contribution < -0.4 is 16.0 Å². The Morgan fingerprint density at radius 2 is 2.09 bits per heavy atom. The topological polar surface area (TPSA) is 142 Å². The third kappa shape index (κ3) is 5.34. The SMILES string of the molecule is C=NC(=NC=Cc1nccc(NC(=O)C(C)n2cnc(NC)c2C(=O)NC)n1)N1CCC=C1C. The van der Waals surface area contributed by atoms with Crippen LogP contribution in [0.5, 0.6) is 0 Å². The lowest BCUT2D eigenvalue weighted by Gasteiger charge is -2.17. The van der Waals surface area contributed by atoms with Crippen molar-refractivity contribution in [1.82, 2.24) is 29.7 Å². The second kappa shape index (κ2) is 11.0. The summed E-state index contributed by atoms with van der Waals surface area (Å²) < 4.78 is 1.50. The van der Waals surface area contributed by atoms with E-state index in [4.69, 9.17) is 0 Å². The molecule has 0 radical (unpaired) electrons. The molecule has 178 valence electrons. The molecule has 1 unspecified atom stereocenters. The zero-order chi connectivity index (χ0) is 24.7. The molecule has 1 aliphatic heterocycles. The number of allylic oxidation sites excluding steroid dienone is 1. The summed E-state index contributed by atoms with van der Waals surface area (Å²) in [5, 5.41) is 8.16. The van der Waals surface area contributed by atoms with Gasteiger partial charge in [-0.3, -0.25) is 9.59 Å². The minimum absolute atomic E-state index is 0.256. The molecule has 3 rings (SSSR count). The van der Waals surface area contributed by atoms with Gasteiger partial charge in [-0.15, -0.1) is 0 Å². The largest absolute Gasteiger partial charge is 0.371 e. The minimum Gasteiger partial charge on any atom is -0.371 e. The van der Waals surface area contributed by atoms with Crippen molar-refractivity contribution >= 4 is 42.2 Å². The van der Waals surface area contributed by atoms with Crippen molar-refractivity contribution in [2.24, 2.45) is 9.98 Å². The summed E-state index contributed by atoms with van der Waals surface area (Å²) in [4.78, 5) is 48.1. The fourth-order valence-corrected chi connectivity index (χ4v) is 3.37. The first-order valence-electron chi connectivity index (χ1n) is 10.7. The minimum atomic E-state index is -0.724. The van der Waals surface area contributed by atoms with Crippen molar-refractivity contribution in [2.75, 3.05) is 31.3 Å². The molecule has 3 N–H and O–H groups in total. The number of amides is 2. The highest BCUT2D eigenvalue weighted by Crippen LogP contribution is 2.20. The molecule has 12 heteroatoms. The number of hydrogen-bond donors (Lipinski definition) is 3. The highest BCUT2D eigenvalue weighted by atomic mass is 16.2. The highest BCUT2D eigenvalue weighted by molar-refractivity contribution is 5.99. The van der Waals surface area contributed by atoms with E-state index in [-0.39, 0.29) is 17.5 Å². The van der Waals surface area contributed by atoms with Crippen LogP contribution in [0.3, 0.4) is 0 Å². The predicted molar refractivity (Wildman–Crippen MR) is 132 cm³/mol. The molecule has 1 atom stereocenters. The smallest absolute Gasteiger partial charge is 0.271 e. The number of aliphatic imine (C=N–C) groups is 2. The molecule has 34 heavy (non-hydrogen) atoms. The van der Waals surface area contributed by atoms with E-state index in [1.807, 2.05) is 11.8 Å². The molecule has 0 bridgehead atoms. The number of rotatable bonds is 7. The molecule has 0 spiro atoms. The summed E-state index contributed by atoms with van der Waals surface area (Å²) in [7, 11) is 3.17. The zero-order valence-electron chi connectivity index (χ0n) is 19.6. The van der Waals surface area contributed by atoms with Gasteiger partial charge < -0.3 is 25.4 Å². The molecule has 0 fully saturated rings. The fraction of sp³-hybridized carbons (Fsp3) is 0.318. The average Bonchev–Trinajstić information content (AvgIpc) is 3.47. The maximum atomic E-state index is 12.9. The lowest BCUT2D eigenvalue weighted by atomic mass is 10.2. The number of carbonyl (C=O) groups excluding carboxylic acids is 2. The number of carbonyl (C=O) groups is 2. The number of nitrogens with one attached hydrogen (secondary N) is 3. The standard InChI is InChI=1S/C22H28N10O2/c1-14-7-6-12-31(14)22(25-5)27-11-8-16-26-10-9-17(29-16)30-20(33)15(2)32-13-28-19(23-3)18(32)21(34)24-4/h7-11,13,15,23H,5-6,12H2,1-4H3,(H,24,34)(H,26,29,30,33). The monoisotopic (exact) mass is 464 g/mol.